The van der Waals surface area contributed by atoms with Crippen molar-refractivity contribution in [2.45, 2.75) is 38.9 Å². The van der Waals surface area contributed by atoms with E-state index in [-0.39, 0.29) is 30.0 Å². The number of carboxylic acid groups (broad SMARTS) is 1. The Kier molecular flexibility index (Phi) is 4.41. The normalized spacial score (nSPS) is 36.5. The highest BCUT2D eigenvalue weighted by Gasteiger charge is 2.46. The van der Waals surface area contributed by atoms with Gasteiger partial charge in [0, 0.05) is 26.2 Å². The van der Waals surface area contributed by atoms with E-state index in [0.717, 1.165) is 19.4 Å². The fourth-order valence-corrected chi connectivity index (χ4v) is 3.98. The molecule has 0 radical (unpaired) electrons. The fourth-order valence-electron chi connectivity index (χ4n) is 3.98. The van der Waals surface area contributed by atoms with Crippen molar-refractivity contribution in [1.29, 1.82) is 0 Å². The average molecular weight is 310 g/mol. The van der Waals surface area contributed by atoms with Crippen LogP contribution in [0.5, 0.6) is 0 Å². The molecule has 6 nitrogen and oxygen atoms in total. The summed E-state index contributed by atoms with van der Waals surface area (Å²) in [5, 5.41) is 9.39. The fraction of sp³-hybridized carbons (Fsp3) is 0.875. The summed E-state index contributed by atoms with van der Waals surface area (Å²) < 4.78 is 5.66. The molecule has 0 spiro atoms. The van der Waals surface area contributed by atoms with Crippen LogP contribution in [0.3, 0.4) is 0 Å². The van der Waals surface area contributed by atoms with Crippen LogP contribution < -0.4 is 0 Å². The predicted molar refractivity (Wildman–Crippen MR) is 80.4 cm³/mol. The van der Waals surface area contributed by atoms with Gasteiger partial charge in [0.25, 0.3) is 0 Å². The summed E-state index contributed by atoms with van der Waals surface area (Å²) in [5.74, 6) is -0.122. The summed E-state index contributed by atoms with van der Waals surface area (Å²) >= 11 is 0. The molecule has 1 saturated carbocycles. The first-order chi connectivity index (χ1) is 10.4. The molecule has 124 valence electrons. The number of ether oxygens (including phenoxy) is 1. The highest BCUT2D eigenvalue weighted by molar-refractivity contribution is 5.79. The highest BCUT2D eigenvalue weighted by Crippen LogP contribution is 2.44. The molecular weight excluding hydrogens is 284 g/mol. The van der Waals surface area contributed by atoms with Gasteiger partial charge in [0.05, 0.1) is 24.7 Å². The summed E-state index contributed by atoms with van der Waals surface area (Å²) in [5.41, 5.74) is 0. The SMILES string of the molecule is C[C@@H]1CN(C(=O)CN2C[C@@H](C(=O)O)[C@H](C3CC3)C2)C[C@H](C)O1. The monoisotopic (exact) mass is 310 g/mol. The van der Waals surface area contributed by atoms with Gasteiger partial charge in [0.15, 0.2) is 0 Å². The van der Waals surface area contributed by atoms with Gasteiger partial charge in [0.1, 0.15) is 0 Å². The maximum absolute atomic E-state index is 12.5. The van der Waals surface area contributed by atoms with Crippen LogP contribution in [0.2, 0.25) is 0 Å². The number of hydrogen-bond acceptors (Lipinski definition) is 4. The van der Waals surface area contributed by atoms with Crippen molar-refractivity contribution in [3.05, 3.63) is 0 Å². The van der Waals surface area contributed by atoms with Crippen molar-refractivity contribution in [2.75, 3.05) is 32.7 Å². The van der Waals surface area contributed by atoms with Gasteiger partial charge in [-0.05, 0) is 38.5 Å². The van der Waals surface area contributed by atoms with Crippen molar-refractivity contribution >= 4 is 11.9 Å². The third-order valence-electron chi connectivity index (χ3n) is 5.12. The van der Waals surface area contributed by atoms with Crippen molar-refractivity contribution in [1.82, 2.24) is 9.80 Å². The van der Waals surface area contributed by atoms with Crippen molar-refractivity contribution in [3.8, 4) is 0 Å². The molecule has 2 heterocycles. The van der Waals surface area contributed by atoms with E-state index in [1.165, 1.54) is 0 Å². The summed E-state index contributed by atoms with van der Waals surface area (Å²) in [6.07, 6.45) is 2.43. The van der Waals surface area contributed by atoms with E-state index in [1.807, 2.05) is 23.6 Å². The Morgan fingerprint density at radius 2 is 1.73 bits per heavy atom. The summed E-state index contributed by atoms with van der Waals surface area (Å²) in [6, 6.07) is 0. The van der Waals surface area contributed by atoms with E-state index in [4.69, 9.17) is 4.74 Å². The Labute approximate surface area is 131 Å². The quantitative estimate of drug-likeness (QED) is 0.826. The van der Waals surface area contributed by atoms with Crippen molar-refractivity contribution in [3.63, 3.8) is 0 Å². The first-order valence-electron chi connectivity index (χ1n) is 8.32. The van der Waals surface area contributed by atoms with Gasteiger partial charge in [-0.15, -0.1) is 0 Å². The topological polar surface area (TPSA) is 70.1 Å². The minimum absolute atomic E-state index is 0.0669. The lowest BCUT2D eigenvalue weighted by molar-refractivity contribution is -0.145. The van der Waals surface area contributed by atoms with Crippen LogP contribution in [-0.2, 0) is 14.3 Å². The third kappa shape index (κ3) is 3.43. The number of likely N-dealkylation sites (tertiary alicyclic amines) is 1. The first-order valence-corrected chi connectivity index (χ1v) is 8.32. The summed E-state index contributed by atoms with van der Waals surface area (Å²) in [7, 11) is 0. The molecule has 0 bridgehead atoms. The minimum Gasteiger partial charge on any atom is -0.481 e. The average Bonchev–Trinajstić information content (AvgIpc) is 3.18. The highest BCUT2D eigenvalue weighted by atomic mass is 16.5. The zero-order valence-corrected chi connectivity index (χ0v) is 13.4. The van der Waals surface area contributed by atoms with E-state index in [1.54, 1.807) is 0 Å². The van der Waals surface area contributed by atoms with Gasteiger partial charge in [-0.3, -0.25) is 14.5 Å². The maximum atomic E-state index is 12.5. The molecule has 4 atom stereocenters. The van der Waals surface area contributed by atoms with Crippen LogP contribution in [0, 0.1) is 17.8 Å². The molecule has 22 heavy (non-hydrogen) atoms. The number of rotatable bonds is 4. The predicted octanol–water partition coefficient (Wildman–Crippen LogP) is 0.665. The lowest BCUT2D eigenvalue weighted by atomic mass is 9.92. The number of hydrogen-bond donors (Lipinski definition) is 1. The van der Waals surface area contributed by atoms with Gasteiger partial charge in [-0.1, -0.05) is 0 Å². The molecule has 2 saturated heterocycles. The van der Waals surface area contributed by atoms with Crippen LogP contribution in [0.15, 0.2) is 0 Å². The number of amides is 1. The Hall–Kier alpha value is -1.14. The van der Waals surface area contributed by atoms with Gasteiger partial charge in [-0.2, -0.15) is 0 Å². The molecule has 1 N–H and O–H groups in total. The van der Waals surface area contributed by atoms with Gasteiger partial charge >= 0.3 is 5.97 Å². The second-order valence-electron chi connectivity index (χ2n) is 7.20. The second-order valence-corrected chi connectivity index (χ2v) is 7.20. The summed E-state index contributed by atoms with van der Waals surface area (Å²) in [4.78, 5) is 27.8. The zero-order chi connectivity index (χ0) is 15.9. The van der Waals surface area contributed by atoms with Crippen LogP contribution >= 0.6 is 0 Å². The standard InChI is InChI=1S/C16H26N2O4/c1-10-5-18(6-11(2)22-10)15(19)9-17-7-13(12-3-4-12)14(8-17)16(20)21/h10-14H,3-9H2,1-2H3,(H,20,21)/t10-,11+,13-,14+/m0/s1. The Bertz CT molecular complexity index is 441. The number of nitrogens with zero attached hydrogens (tertiary/aromatic N) is 2. The van der Waals surface area contributed by atoms with Gasteiger partial charge in [-0.25, -0.2) is 0 Å². The molecule has 1 amide bonds. The van der Waals surface area contributed by atoms with E-state index >= 15 is 0 Å². The molecule has 6 heteroatoms. The molecule has 3 aliphatic rings. The number of carbonyl (C=O) groups excluding carboxylic acids is 1. The molecule has 3 rings (SSSR count). The zero-order valence-electron chi connectivity index (χ0n) is 13.4. The van der Waals surface area contributed by atoms with Gasteiger partial charge in [0.2, 0.25) is 5.91 Å². The summed E-state index contributed by atoms with van der Waals surface area (Å²) in [6.45, 7) is 6.83. The molecule has 0 aromatic rings. The Morgan fingerprint density at radius 3 is 2.27 bits per heavy atom. The maximum Gasteiger partial charge on any atom is 0.308 e. The van der Waals surface area contributed by atoms with Crippen molar-refractivity contribution < 1.29 is 19.4 Å². The molecular formula is C16H26N2O4. The largest absolute Gasteiger partial charge is 0.481 e. The Morgan fingerprint density at radius 1 is 1.09 bits per heavy atom. The lowest BCUT2D eigenvalue weighted by Crippen LogP contribution is -2.50. The van der Waals surface area contributed by atoms with Crippen LogP contribution in [0.4, 0.5) is 0 Å². The number of carbonyl (C=O) groups is 2. The molecule has 0 aromatic heterocycles. The van der Waals surface area contributed by atoms with Crippen LogP contribution in [0.25, 0.3) is 0 Å². The molecule has 2 aliphatic heterocycles. The smallest absolute Gasteiger partial charge is 0.308 e. The van der Waals surface area contributed by atoms with Crippen LogP contribution in [-0.4, -0.2) is 71.7 Å². The lowest BCUT2D eigenvalue weighted by Gasteiger charge is -2.36. The first kappa shape index (κ1) is 15.7. The van der Waals surface area contributed by atoms with E-state index in [2.05, 4.69) is 0 Å². The molecule has 3 fully saturated rings. The number of morpholine rings is 1. The number of carboxylic acids is 1. The molecule has 0 aromatic carbocycles. The Balaban J connectivity index is 1.56. The second kappa shape index (κ2) is 6.16. The van der Waals surface area contributed by atoms with Crippen LogP contribution in [0.1, 0.15) is 26.7 Å². The van der Waals surface area contributed by atoms with E-state index in [0.29, 0.717) is 32.1 Å². The van der Waals surface area contributed by atoms with E-state index in [9.17, 15) is 14.7 Å². The molecule has 1 aliphatic carbocycles. The van der Waals surface area contributed by atoms with Gasteiger partial charge < -0.3 is 14.7 Å². The third-order valence-corrected chi connectivity index (χ3v) is 5.12. The number of aliphatic carboxylic acids is 1. The molecule has 0 unspecified atom stereocenters. The van der Waals surface area contributed by atoms with Crippen molar-refractivity contribution in [2.24, 2.45) is 17.8 Å². The van der Waals surface area contributed by atoms with E-state index < -0.39 is 5.97 Å². The minimum atomic E-state index is -0.708.